The van der Waals surface area contributed by atoms with E-state index in [1.54, 1.807) is 18.2 Å². The van der Waals surface area contributed by atoms with E-state index in [9.17, 15) is 8.78 Å². The Morgan fingerprint density at radius 2 is 2.00 bits per heavy atom. The minimum atomic E-state index is -0.520. The van der Waals surface area contributed by atoms with Crippen molar-refractivity contribution in [3.05, 3.63) is 48.2 Å². The van der Waals surface area contributed by atoms with Crippen LogP contribution in [0.25, 0.3) is 16.8 Å². The van der Waals surface area contributed by atoms with Gasteiger partial charge in [-0.3, -0.25) is 4.31 Å². The summed E-state index contributed by atoms with van der Waals surface area (Å²) in [5, 5.41) is 12.9. The molecule has 138 valence electrons. The van der Waals surface area contributed by atoms with Crippen molar-refractivity contribution in [2.45, 2.75) is 18.9 Å². The van der Waals surface area contributed by atoms with Gasteiger partial charge in [0, 0.05) is 24.7 Å². The van der Waals surface area contributed by atoms with Gasteiger partial charge < -0.3 is 10.8 Å². The Balaban J connectivity index is 0.000000206. The normalized spacial score (nSPS) is 17.8. The summed E-state index contributed by atoms with van der Waals surface area (Å²) in [5.41, 5.74) is 6.17. The van der Waals surface area contributed by atoms with Crippen LogP contribution in [0.4, 0.5) is 14.7 Å². The van der Waals surface area contributed by atoms with Crippen LogP contribution < -0.4 is 5.73 Å². The minimum absolute atomic E-state index is 0.00399. The number of fused-ring (bicyclic) bond motifs is 1. The topological polar surface area (TPSA) is 79.7 Å². The second-order valence-electron chi connectivity index (χ2n) is 5.98. The van der Waals surface area contributed by atoms with Gasteiger partial charge in [-0.2, -0.15) is 0 Å². The highest BCUT2D eigenvalue weighted by Crippen LogP contribution is 2.26. The highest BCUT2D eigenvalue weighted by Gasteiger charge is 2.15. The summed E-state index contributed by atoms with van der Waals surface area (Å²) in [6.07, 6.45) is 3.14. The second-order valence-corrected chi connectivity index (χ2v) is 6.55. The Bertz CT molecular complexity index is 896. The molecule has 1 aliphatic heterocycles. The molecule has 3 N–H and O–H groups in total. The smallest absolute Gasteiger partial charge is 0.238 e. The number of nitrogen functional groups attached to an aromatic ring is 1. The highest BCUT2D eigenvalue weighted by atomic mass is 32.1. The maximum absolute atomic E-state index is 13.7. The number of aromatic nitrogens is 3. The number of nitrogens with two attached hydrogens (primary N) is 1. The van der Waals surface area contributed by atoms with Crippen LogP contribution >= 0.6 is 12.8 Å². The predicted octanol–water partition coefficient (Wildman–Crippen LogP) is 2.54. The molecule has 0 saturated carbocycles. The molecule has 6 nitrogen and oxygen atoms in total. The van der Waals surface area contributed by atoms with Crippen LogP contribution in [0.3, 0.4) is 0 Å². The fourth-order valence-corrected chi connectivity index (χ4v) is 3.09. The number of hydrogen-bond donors (Lipinski definition) is 3. The number of rotatable bonds is 1. The Hall–Kier alpha value is -2.23. The zero-order valence-electron chi connectivity index (χ0n) is 13.9. The van der Waals surface area contributed by atoms with Crippen LogP contribution in [0.5, 0.6) is 0 Å². The number of benzene rings is 1. The van der Waals surface area contributed by atoms with Crippen LogP contribution in [-0.4, -0.2) is 43.2 Å². The molecule has 26 heavy (non-hydrogen) atoms. The number of nitrogens with zero attached hydrogens (tertiary/aromatic N) is 4. The molecule has 2 aromatic heterocycles. The quantitative estimate of drug-likeness (QED) is 0.566. The first-order valence-electron chi connectivity index (χ1n) is 8.12. The third-order valence-corrected chi connectivity index (χ3v) is 4.37. The summed E-state index contributed by atoms with van der Waals surface area (Å²) < 4.78 is 30.5. The summed E-state index contributed by atoms with van der Waals surface area (Å²) in [5.74, 6) is -0.974. The van der Waals surface area contributed by atoms with Crippen molar-refractivity contribution < 1.29 is 13.9 Å². The Kier molecular flexibility index (Phi) is 5.70. The number of aliphatic hydroxyl groups excluding tert-OH is 1. The number of halogens is 2. The largest absolute Gasteiger partial charge is 0.392 e. The van der Waals surface area contributed by atoms with Crippen molar-refractivity contribution in [2.24, 2.45) is 0 Å². The molecule has 0 spiro atoms. The predicted molar refractivity (Wildman–Crippen MR) is 98.6 cm³/mol. The Morgan fingerprint density at radius 1 is 1.23 bits per heavy atom. The van der Waals surface area contributed by atoms with Gasteiger partial charge in [0.1, 0.15) is 11.3 Å². The molecule has 1 aromatic carbocycles. The molecule has 0 aliphatic carbocycles. The van der Waals surface area contributed by atoms with Gasteiger partial charge >= 0.3 is 0 Å². The van der Waals surface area contributed by atoms with Crippen molar-refractivity contribution in [3.8, 4) is 11.3 Å². The van der Waals surface area contributed by atoms with Gasteiger partial charge in [-0.1, -0.05) is 24.9 Å². The molecule has 3 heterocycles. The molecule has 3 aromatic rings. The maximum atomic E-state index is 13.7. The SMILES string of the molecule is Nc1ncc2c(F)cc(-c3ccccc3F)n2n1.OC1CCCN(S)C1. The number of aliphatic hydroxyl groups is 1. The molecule has 1 saturated heterocycles. The van der Waals surface area contributed by atoms with Gasteiger partial charge in [0.05, 0.1) is 18.0 Å². The molecular weight excluding hydrogens is 360 g/mol. The van der Waals surface area contributed by atoms with Gasteiger partial charge in [-0.05, 0) is 25.0 Å². The zero-order chi connectivity index (χ0) is 18.7. The fraction of sp³-hybridized carbons (Fsp3) is 0.294. The third-order valence-electron chi connectivity index (χ3n) is 4.01. The van der Waals surface area contributed by atoms with E-state index in [1.165, 1.54) is 22.8 Å². The first-order valence-corrected chi connectivity index (χ1v) is 8.52. The Morgan fingerprint density at radius 3 is 2.65 bits per heavy atom. The molecule has 1 fully saturated rings. The number of β-amino-alcohol motifs (C(OH)–C–C–N with tert-alkyl or cyclic N) is 1. The molecule has 0 radical (unpaired) electrons. The first-order chi connectivity index (χ1) is 12.5. The Labute approximate surface area is 154 Å². The van der Waals surface area contributed by atoms with Crippen molar-refractivity contribution >= 4 is 24.3 Å². The van der Waals surface area contributed by atoms with Gasteiger partial charge in [-0.15, -0.1) is 5.10 Å². The summed E-state index contributed by atoms with van der Waals surface area (Å²) in [6.45, 7) is 1.74. The van der Waals surface area contributed by atoms with Crippen molar-refractivity contribution in [3.63, 3.8) is 0 Å². The number of thiol groups is 1. The average Bonchev–Trinajstić information content (AvgIpc) is 2.91. The lowest BCUT2D eigenvalue weighted by Crippen LogP contribution is -2.31. The molecule has 0 bridgehead atoms. The van der Waals surface area contributed by atoms with E-state index in [-0.39, 0.29) is 23.1 Å². The maximum Gasteiger partial charge on any atom is 0.238 e. The average molecular weight is 379 g/mol. The number of hydrogen-bond acceptors (Lipinski definition) is 6. The van der Waals surface area contributed by atoms with Gasteiger partial charge in [0.25, 0.3) is 0 Å². The van der Waals surface area contributed by atoms with E-state index >= 15 is 0 Å². The first kappa shape index (κ1) is 18.6. The summed E-state index contributed by atoms with van der Waals surface area (Å²) in [6, 6.07) is 7.29. The summed E-state index contributed by atoms with van der Waals surface area (Å²) in [7, 11) is 0. The molecular formula is C17H19F2N5OS. The molecule has 1 aliphatic rings. The van der Waals surface area contributed by atoms with E-state index in [0.717, 1.165) is 25.9 Å². The summed E-state index contributed by atoms with van der Waals surface area (Å²) >= 11 is 4.09. The van der Waals surface area contributed by atoms with Crippen LogP contribution in [0.2, 0.25) is 0 Å². The lowest BCUT2D eigenvalue weighted by atomic mass is 10.1. The van der Waals surface area contributed by atoms with E-state index in [0.29, 0.717) is 5.69 Å². The number of piperidine rings is 1. The van der Waals surface area contributed by atoms with Crippen LogP contribution in [0.15, 0.2) is 36.5 Å². The van der Waals surface area contributed by atoms with Crippen LogP contribution in [-0.2, 0) is 0 Å². The van der Waals surface area contributed by atoms with E-state index < -0.39 is 11.6 Å². The lowest BCUT2D eigenvalue weighted by molar-refractivity contribution is 0.113. The zero-order valence-corrected chi connectivity index (χ0v) is 14.8. The van der Waals surface area contributed by atoms with Crippen molar-refractivity contribution in [1.29, 1.82) is 0 Å². The number of anilines is 1. The molecule has 4 rings (SSSR count). The van der Waals surface area contributed by atoms with Crippen molar-refractivity contribution in [2.75, 3.05) is 18.8 Å². The van der Waals surface area contributed by atoms with Crippen LogP contribution in [0, 0.1) is 11.6 Å². The minimum Gasteiger partial charge on any atom is -0.392 e. The van der Waals surface area contributed by atoms with Gasteiger partial charge in [-0.25, -0.2) is 18.3 Å². The van der Waals surface area contributed by atoms with Crippen molar-refractivity contribution in [1.82, 2.24) is 18.9 Å². The summed E-state index contributed by atoms with van der Waals surface area (Å²) in [4.78, 5) is 3.71. The van der Waals surface area contributed by atoms with E-state index in [2.05, 4.69) is 22.9 Å². The van der Waals surface area contributed by atoms with Gasteiger partial charge in [0.2, 0.25) is 5.95 Å². The molecule has 0 amide bonds. The highest BCUT2D eigenvalue weighted by molar-refractivity contribution is 7.77. The molecule has 1 unspecified atom stereocenters. The lowest BCUT2D eigenvalue weighted by Gasteiger charge is -2.24. The second kappa shape index (κ2) is 7.98. The standard InChI is InChI=1S/C12H8F2N4.C5H11NOS/c13-8-4-2-1-3-7(8)10-5-9(14)11-6-16-12(15)17-18(10)11;7-5-2-1-3-6(8)4-5/h1-6H,(H2,15,17);5,7-8H,1-4H2. The molecule has 9 heteroatoms. The monoisotopic (exact) mass is 379 g/mol. The van der Waals surface area contributed by atoms with E-state index in [4.69, 9.17) is 10.8 Å². The third kappa shape index (κ3) is 4.12. The molecule has 1 atom stereocenters. The van der Waals surface area contributed by atoms with Crippen LogP contribution in [0.1, 0.15) is 12.8 Å². The van der Waals surface area contributed by atoms with Gasteiger partial charge in [0.15, 0.2) is 5.82 Å². The fourth-order valence-electron chi connectivity index (χ4n) is 2.76. The van der Waals surface area contributed by atoms with E-state index in [1.807, 2.05) is 4.31 Å².